The second kappa shape index (κ2) is 55.9. The molecule has 6 nitrogen and oxygen atoms in total. The van der Waals surface area contributed by atoms with Crippen LogP contribution in [0.4, 0.5) is 0 Å². The number of aliphatic hydroxyl groups is 2. The van der Waals surface area contributed by atoms with Gasteiger partial charge in [0.25, 0.3) is 0 Å². The highest BCUT2D eigenvalue weighted by Crippen LogP contribution is 2.17. The molecule has 6 heteroatoms. The highest BCUT2D eigenvalue weighted by molar-refractivity contribution is 5.76. The number of unbranched alkanes of at least 4 members (excludes halogenated alkanes) is 42. The van der Waals surface area contributed by atoms with Crippen molar-refractivity contribution in [1.82, 2.24) is 5.32 Å². The van der Waals surface area contributed by atoms with Crippen molar-refractivity contribution in [1.29, 1.82) is 0 Å². The van der Waals surface area contributed by atoms with Crippen molar-refractivity contribution in [3.63, 3.8) is 0 Å². The average molecular weight is 931 g/mol. The third-order valence-electron chi connectivity index (χ3n) is 13.7. The van der Waals surface area contributed by atoms with Gasteiger partial charge >= 0.3 is 5.97 Å². The minimum Gasteiger partial charge on any atom is -0.466 e. The molecule has 1 amide bonds. The lowest BCUT2D eigenvalue weighted by atomic mass is 10.0. The number of carbonyl (C=O) groups is 2. The lowest BCUT2D eigenvalue weighted by molar-refractivity contribution is -0.143. The Hall–Kier alpha value is -1.66. The van der Waals surface area contributed by atoms with E-state index in [-0.39, 0.29) is 18.5 Å². The number of rotatable bonds is 55. The molecule has 0 saturated carbocycles. The molecular weight excluding hydrogens is 815 g/mol. The normalized spacial score (nSPS) is 12.7. The predicted molar refractivity (Wildman–Crippen MR) is 287 cm³/mol. The van der Waals surface area contributed by atoms with E-state index in [1.807, 2.05) is 6.08 Å². The lowest BCUT2D eigenvalue weighted by Gasteiger charge is -2.19. The van der Waals surface area contributed by atoms with E-state index in [1.54, 1.807) is 6.08 Å². The van der Waals surface area contributed by atoms with E-state index in [2.05, 4.69) is 31.3 Å². The van der Waals surface area contributed by atoms with Gasteiger partial charge in [0, 0.05) is 12.8 Å². The molecule has 0 rings (SSSR count). The maximum atomic E-state index is 12.5. The second-order valence-electron chi connectivity index (χ2n) is 20.3. The monoisotopic (exact) mass is 930 g/mol. The second-order valence-corrected chi connectivity index (χ2v) is 20.3. The van der Waals surface area contributed by atoms with Crippen molar-refractivity contribution in [3.8, 4) is 0 Å². The van der Waals surface area contributed by atoms with Crippen LogP contribution in [-0.4, -0.2) is 47.4 Å². The third kappa shape index (κ3) is 51.7. The number of carbonyl (C=O) groups excluding carboxylic acids is 2. The highest BCUT2D eigenvalue weighted by Gasteiger charge is 2.18. The van der Waals surface area contributed by atoms with Crippen molar-refractivity contribution in [2.24, 2.45) is 0 Å². The average Bonchev–Trinajstić information content (AvgIpc) is 3.32. The molecule has 0 heterocycles. The van der Waals surface area contributed by atoms with Crippen LogP contribution in [0.1, 0.15) is 322 Å². The molecule has 0 aliphatic carbocycles. The maximum Gasteiger partial charge on any atom is 0.305 e. The van der Waals surface area contributed by atoms with E-state index in [9.17, 15) is 19.8 Å². The van der Waals surface area contributed by atoms with Gasteiger partial charge in [0.15, 0.2) is 0 Å². The van der Waals surface area contributed by atoms with Crippen molar-refractivity contribution in [2.75, 3.05) is 13.2 Å². The summed E-state index contributed by atoms with van der Waals surface area (Å²) in [5, 5.41) is 23.1. The fraction of sp³-hybridized carbons (Fsp3) is 0.900. The van der Waals surface area contributed by atoms with Gasteiger partial charge in [-0.1, -0.05) is 282 Å². The largest absolute Gasteiger partial charge is 0.466 e. The Labute approximate surface area is 411 Å². The van der Waals surface area contributed by atoms with E-state index in [0.717, 1.165) is 70.6 Å². The summed E-state index contributed by atoms with van der Waals surface area (Å²) in [6.07, 6.45) is 67.9. The first kappa shape index (κ1) is 64.3. The smallest absolute Gasteiger partial charge is 0.305 e. The Balaban J connectivity index is 3.53. The summed E-state index contributed by atoms with van der Waals surface area (Å²) in [6, 6.07) is -0.666. The van der Waals surface area contributed by atoms with Gasteiger partial charge in [-0.3, -0.25) is 9.59 Å². The molecule has 390 valence electrons. The van der Waals surface area contributed by atoms with Gasteiger partial charge in [0.1, 0.15) is 0 Å². The Morgan fingerprint density at radius 2 is 0.727 bits per heavy atom. The van der Waals surface area contributed by atoms with Crippen LogP contribution in [0, 0.1) is 0 Å². The summed E-state index contributed by atoms with van der Waals surface area (Å²) in [5.41, 5.74) is 0. The van der Waals surface area contributed by atoms with Crippen LogP contribution >= 0.6 is 0 Å². The van der Waals surface area contributed by atoms with Crippen LogP contribution < -0.4 is 5.32 Å². The van der Waals surface area contributed by atoms with Gasteiger partial charge in [-0.05, 0) is 51.4 Å². The standard InChI is InChI=1S/C60H115NO5/c1-3-5-7-9-11-13-15-17-19-20-21-22-23-24-25-26-27-28-30-31-33-36-40-44-48-52-58(63)57(56-62)61-59(64)53-49-45-41-37-35-39-43-47-51-55-66-60(65)54-50-46-42-38-34-32-29-18-16-14-12-10-8-6-4-2/h37,41,48,52,57-58,62-63H,3-36,38-40,42-47,49-51,53-56H2,1-2H3,(H,61,64)/b41-37-,52-48+. The molecule has 0 saturated heterocycles. The van der Waals surface area contributed by atoms with Crippen molar-refractivity contribution in [3.05, 3.63) is 24.3 Å². The Morgan fingerprint density at radius 3 is 1.11 bits per heavy atom. The number of ether oxygens (including phenoxy) is 1. The van der Waals surface area contributed by atoms with Crippen LogP contribution in [0.15, 0.2) is 24.3 Å². The van der Waals surface area contributed by atoms with Gasteiger partial charge in [-0.25, -0.2) is 0 Å². The Morgan fingerprint density at radius 1 is 0.409 bits per heavy atom. The molecule has 0 radical (unpaired) electrons. The zero-order chi connectivity index (χ0) is 47.9. The molecule has 2 atom stereocenters. The molecule has 0 aromatic heterocycles. The summed E-state index contributed by atoms with van der Waals surface area (Å²) < 4.78 is 5.45. The van der Waals surface area contributed by atoms with Gasteiger partial charge in [0.05, 0.1) is 25.4 Å². The SMILES string of the molecule is CCCCCCCCCCCCCCCCCCCCCCCCC/C=C/C(O)C(CO)NC(=O)CCC/C=C\CCCCCCOC(=O)CCCCCCCCCCCCCCCCC. The van der Waals surface area contributed by atoms with E-state index >= 15 is 0 Å². The van der Waals surface area contributed by atoms with Gasteiger partial charge < -0.3 is 20.3 Å². The van der Waals surface area contributed by atoms with Gasteiger partial charge in [-0.2, -0.15) is 0 Å². The van der Waals surface area contributed by atoms with Crippen LogP contribution in [0.3, 0.4) is 0 Å². The lowest BCUT2D eigenvalue weighted by Crippen LogP contribution is -2.45. The molecule has 0 bridgehead atoms. The quantitative estimate of drug-likeness (QED) is 0.0321. The minimum atomic E-state index is -0.876. The number of hydrogen-bond acceptors (Lipinski definition) is 5. The number of amides is 1. The number of allylic oxidation sites excluding steroid dienone is 3. The highest BCUT2D eigenvalue weighted by atomic mass is 16.5. The van der Waals surface area contributed by atoms with E-state index < -0.39 is 12.1 Å². The Kier molecular flexibility index (Phi) is 54.5. The first-order valence-electron chi connectivity index (χ1n) is 29.6. The molecular formula is C60H115NO5. The fourth-order valence-corrected chi connectivity index (χ4v) is 9.17. The van der Waals surface area contributed by atoms with E-state index in [4.69, 9.17) is 4.74 Å². The topological polar surface area (TPSA) is 95.9 Å². The number of nitrogens with one attached hydrogen (secondary N) is 1. The van der Waals surface area contributed by atoms with Crippen LogP contribution in [0.2, 0.25) is 0 Å². The molecule has 0 aliphatic heterocycles. The molecule has 2 unspecified atom stereocenters. The number of esters is 1. The van der Waals surface area contributed by atoms with Gasteiger partial charge in [0.2, 0.25) is 5.91 Å². The number of aliphatic hydroxyl groups excluding tert-OH is 2. The number of hydrogen-bond donors (Lipinski definition) is 3. The zero-order valence-corrected chi connectivity index (χ0v) is 44.4. The van der Waals surface area contributed by atoms with Crippen LogP contribution in [0.5, 0.6) is 0 Å². The molecule has 0 aromatic rings. The molecule has 3 N–H and O–H groups in total. The van der Waals surface area contributed by atoms with E-state index in [1.165, 1.54) is 225 Å². The molecule has 0 aromatic carbocycles. The van der Waals surface area contributed by atoms with E-state index in [0.29, 0.717) is 19.4 Å². The minimum absolute atomic E-state index is 0.0343. The maximum absolute atomic E-state index is 12.5. The third-order valence-corrected chi connectivity index (χ3v) is 13.7. The zero-order valence-electron chi connectivity index (χ0n) is 44.4. The van der Waals surface area contributed by atoms with Crippen molar-refractivity contribution in [2.45, 2.75) is 334 Å². The first-order valence-corrected chi connectivity index (χ1v) is 29.6. The predicted octanol–water partition coefficient (Wildman–Crippen LogP) is 18.2. The van der Waals surface area contributed by atoms with Crippen LogP contribution in [0.25, 0.3) is 0 Å². The van der Waals surface area contributed by atoms with Crippen molar-refractivity contribution < 1.29 is 24.5 Å². The fourth-order valence-electron chi connectivity index (χ4n) is 9.17. The van der Waals surface area contributed by atoms with Crippen LogP contribution in [-0.2, 0) is 14.3 Å². The molecule has 0 spiro atoms. The Bertz CT molecular complexity index is 1030. The molecule has 66 heavy (non-hydrogen) atoms. The summed E-state index contributed by atoms with van der Waals surface area (Å²) in [7, 11) is 0. The molecule has 0 fully saturated rings. The van der Waals surface area contributed by atoms with Crippen molar-refractivity contribution >= 4 is 11.9 Å². The summed E-state index contributed by atoms with van der Waals surface area (Å²) in [6.45, 7) is 4.84. The molecule has 0 aliphatic rings. The summed E-state index contributed by atoms with van der Waals surface area (Å²) >= 11 is 0. The van der Waals surface area contributed by atoms with Gasteiger partial charge in [-0.15, -0.1) is 0 Å². The first-order chi connectivity index (χ1) is 32.5. The summed E-state index contributed by atoms with van der Waals surface area (Å²) in [4.78, 5) is 24.5. The summed E-state index contributed by atoms with van der Waals surface area (Å²) in [5.74, 6) is -0.159.